The van der Waals surface area contributed by atoms with Crippen LogP contribution in [0.15, 0.2) is 48.5 Å². The number of amides is 2. The predicted molar refractivity (Wildman–Crippen MR) is 126 cm³/mol. The monoisotopic (exact) mass is 435 g/mol. The normalized spacial score (nSPS) is 19.2. The highest BCUT2D eigenvalue weighted by Crippen LogP contribution is 2.34. The van der Waals surface area contributed by atoms with Gasteiger partial charge in [0.1, 0.15) is 11.9 Å². The number of piperidine rings is 1. The van der Waals surface area contributed by atoms with Crippen molar-refractivity contribution in [3.05, 3.63) is 59.7 Å². The van der Waals surface area contributed by atoms with Gasteiger partial charge >= 0.3 is 0 Å². The predicted octanol–water partition coefficient (Wildman–Crippen LogP) is 3.67. The Hall–Kier alpha value is -2.86. The average molecular weight is 436 g/mol. The van der Waals surface area contributed by atoms with Gasteiger partial charge in [0.05, 0.1) is 12.2 Å². The van der Waals surface area contributed by atoms with Gasteiger partial charge in [-0.25, -0.2) is 0 Å². The summed E-state index contributed by atoms with van der Waals surface area (Å²) in [6.07, 6.45) is 2.25. The highest BCUT2D eigenvalue weighted by molar-refractivity contribution is 5.97. The largest absolute Gasteiger partial charge is 0.487 e. The Morgan fingerprint density at radius 3 is 2.56 bits per heavy atom. The summed E-state index contributed by atoms with van der Waals surface area (Å²) in [6.45, 7) is 7.37. The van der Waals surface area contributed by atoms with Crippen LogP contribution >= 0.6 is 0 Å². The second-order valence-corrected chi connectivity index (χ2v) is 9.01. The number of ether oxygens (including phenoxy) is 1. The molecule has 0 unspecified atom stereocenters. The maximum Gasteiger partial charge on any atom is 0.227 e. The van der Waals surface area contributed by atoms with E-state index < -0.39 is 0 Å². The quantitative estimate of drug-likeness (QED) is 0.752. The maximum atomic E-state index is 12.9. The zero-order valence-electron chi connectivity index (χ0n) is 19.0. The molecule has 2 aromatic carbocycles. The van der Waals surface area contributed by atoms with E-state index in [0.29, 0.717) is 6.54 Å². The van der Waals surface area contributed by atoms with Gasteiger partial charge in [-0.3, -0.25) is 14.5 Å². The highest BCUT2D eigenvalue weighted by Gasteiger charge is 2.28. The molecule has 1 atom stereocenters. The molecule has 2 aromatic rings. The van der Waals surface area contributed by atoms with E-state index in [9.17, 15) is 9.59 Å². The van der Waals surface area contributed by atoms with E-state index >= 15 is 0 Å². The van der Waals surface area contributed by atoms with Crippen molar-refractivity contribution in [2.45, 2.75) is 58.2 Å². The van der Waals surface area contributed by atoms with E-state index in [1.165, 1.54) is 5.56 Å². The van der Waals surface area contributed by atoms with Gasteiger partial charge in [-0.2, -0.15) is 0 Å². The SMILES string of the molecule is Cc1ccc2c(c1)N(C(=O)CCC(=O)NC1CCN(Cc3ccccc3)CC1)C[C@H](C)O2. The van der Waals surface area contributed by atoms with Crippen LogP contribution < -0.4 is 15.0 Å². The Kier molecular flexibility index (Phi) is 7.10. The molecule has 32 heavy (non-hydrogen) atoms. The first kappa shape index (κ1) is 22.3. The highest BCUT2D eigenvalue weighted by atomic mass is 16.5. The minimum atomic E-state index is -0.0657. The molecule has 1 saturated heterocycles. The number of benzene rings is 2. The van der Waals surface area contributed by atoms with Crippen LogP contribution in [-0.4, -0.2) is 48.5 Å². The lowest BCUT2D eigenvalue weighted by Gasteiger charge is -2.34. The summed E-state index contributed by atoms with van der Waals surface area (Å²) in [5.74, 6) is 0.667. The number of fused-ring (bicyclic) bond motifs is 1. The summed E-state index contributed by atoms with van der Waals surface area (Å²) < 4.78 is 5.86. The van der Waals surface area contributed by atoms with Crippen molar-refractivity contribution in [2.24, 2.45) is 0 Å². The molecule has 0 bridgehead atoms. The van der Waals surface area contributed by atoms with E-state index in [1.807, 2.05) is 38.1 Å². The van der Waals surface area contributed by atoms with Gasteiger partial charge in [0.15, 0.2) is 0 Å². The maximum absolute atomic E-state index is 12.9. The van der Waals surface area contributed by atoms with E-state index in [0.717, 1.165) is 49.5 Å². The standard InChI is InChI=1S/C26H33N3O3/c1-19-8-9-24-23(16-19)29(17-20(2)32-24)26(31)11-10-25(30)27-22-12-14-28(15-13-22)18-21-6-4-3-5-7-21/h3-9,16,20,22H,10-15,17-18H2,1-2H3,(H,27,30)/t20-/m0/s1. The molecular weight excluding hydrogens is 402 g/mol. The first-order valence-electron chi connectivity index (χ1n) is 11.6. The number of anilines is 1. The van der Waals surface area contributed by atoms with Gasteiger partial charge in [0.25, 0.3) is 0 Å². The van der Waals surface area contributed by atoms with Crippen molar-refractivity contribution < 1.29 is 14.3 Å². The van der Waals surface area contributed by atoms with Crippen molar-refractivity contribution >= 4 is 17.5 Å². The lowest BCUT2D eigenvalue weighted by Crippen LogP contribution is -2.45. The van der Waals surface area contributed by atoms with Crippen molar-refractivity contribution in [3.63, 3.8) is 0 Å². The number of nitrogens with one attached hydrogen (secondary N) is 1. The van der Waals surface area contributed by atoms with Gasteiger partial charge in [-0.1, -0.05) is 36.4 Å². The number of likely N-dealkylation sites (tertiary alicyclic amines) is 1. The number of carbonyl (C=O) groups excluding carboxylic acids is 2. The van der Waals surface area contributed by atoms with Crippen LogP contribution in [0.1, 0.15) is 43.7 Å². The number of aryl methyl sites for hydroxylation is 1. The molecule has 6 nitrogen and oxygen atoms in total. The van der Waals surface area contributed by atoms with Gasteiger partial charge in [0, 0.05) is 38.5 Å². The van der Waals surface area contributed by atoms with Gasteiger partial charge in [0.2, 0.25) is 11.8 Å². The Balaban J connectivity index is 1.23. The Labute approximate surface area is 190 Å². The third kappa shape index (κ3) is 5.68. The van der Waals surface area contributed by atoms with Gasteiger partial charge in [-0.15, -0.1) is 0 Å². The molecule has 6 heteroatoms. The number of hydrogen-bond donors (Lipinski definition) is 1. The van der Waals surface area contributed by atoms with Crippen LogP contribution in [0.5, 0.6) is 5.75 Å². The fourth-order valence-electron chi connectivity index (χ4n) is 4.52. The molecule has 0 radical (unpaired) electrons. The fraction of sp³-hybridized carbons (Fsp3) is 0.462. The van der Waals surface area contributed by atoms with Crippen molar-refractivity contribution in [2.75, 3.05) is 24.5 Å². The fourth-order valence-corrected chi connectivity index (χ4v) is 4.52. The third-order valence-electron chi connectivity index (χ3n) is 6.24. The van der Waals surface area contributed by atoms with Crippen molar-refractivity contribution in [3.8, 4) is 5.75 Å². The molecule has 1 fully saturated rings. The first-order chi connectivity index (χ1) is 15.5. The first-order valence-corrected chi connectivity index (χ1v) is 11.6. The topological polar surface area (TPSA) is 61.9 Å². The zero-order chi connectivity index (χ0) is 22.5. The third-order valence-corrected chi connectivity index (χ3v) is 6.24. The minimum absolute atomic E-state index is 0.0279. The molecule has 0 aromatic heterocycles. The van der Waals surface area contributed by atoms with Crippen LogP contribution in [0.2, 0.25) is 0 Å². The second-order valence-electron chi connectivity index (χ2n) is 9.01. The zero-order valence-corrected chi connectivity index (χ0v) is 19.0. The molecule has 2 aliphatic rings. The van der Waals surface area contributed by atoms with Gasteiger partial charge in [-0.05, 0) is 49.9 Å². The van der Waals surface area contributed by atoms with E-state index in [-0.39, 0.29) is 36.8 Å². The number of hydrogen-bond acceptors (Lipinski definition) is 4. The van der Waals surface area contributed by atoms with Crippen LogP contribution in [0.3, 0.4) is 0 Å². The van der Waals surface area contributed by atoms with Crippen molar-refractivity contribution in [1.82, 2.24) is 10.2 Å². The molecule has 170 valence electrons. The molecule has 2 amide bonds. The average Bonchev–Trinajstić information content (AvgIpc) is 2.79. The Bertz CT molecular complexity index is 939. The molecule has 2 heterocycles. The molecule has 2 aliphatic heterocycles. The van der Waals surface area contributed by atoms with Crippen LogP contribution in [0.25, 0.3) is 0 Å². The molecule has 0 aliphatic carbocycles. The summed E-state index contributed by atoms with van der Waals surface area (Å²) in [6, 6.07) is 16.5. The summed E-state index contributed by atoms with van der Waals surface area (Å²) in [7, 11) is 0. The second kappa shape index (κ2) is 10.2. The Morgan fingerprint density at radius 2 is 1.81 bits per heavy atom. The van der Waals surface area contributed by atoms with Crippen molar-refractivity contribution in [1.29, 1.82) is 0 Å². The van der Waals surface area contributed by atoms with Crippen LogP contribution in [0, 0.1) is 6.92 Å². The van der Waals surface area contributed by atoms with Gasteiger partial charge < -0.3 is 15.0 Å². The number of nitrogens with zero attached hydrogens (tertiary/aromatic N) is 2. The molecule has 1 N–H and O–H groups in total. The molecule has 0 spiro atoms. The lowest BCUT2D eigenvalue weighted by molar-refractivity contribution is -0.126. The van der Waals surface area contributed by atoms with Crippen LogP contribution in [-0.2, 0) is 16.1 Å². The number of rotatable bonds is 6. The molecule has 4 rings (SSSR count). The summed E-state index contributed by atoms with van der Waals surface area (Å²) >= 11 is 0. The van der Waals surface area contributed by atoms with E-state index in [2.05, 4.69) is 34.5 Å². The summed E-state index contributed by atoms with van der Waals surface area (Å²) in [5, 5.41) is 3.14. The lowest BCUT2D eigenvalue weighted by atomic mass is 10.0. The Morgan fingerprint density at radius 1 is 1.06 bits per heavy atom. The summed E-state index contributed by atoms with van der Waals surface area (Å²) in [4.78, 5) is 29.6. The smallest absolute Gasteiger partial charge is 0.227 e. The van der Waals surface area contributed by atoms with E-state index in [1.54, 1.807) is 4.90 Å². The minimum Gasteiger partial charge on any atom is -0.487 e. The summed E-state index contributed by atoms with van der Waals surface area (Å²) in [5.41, 5.74) is 3.21. The van der Waals surface area contributed by atoms with E-state index in [4.69, 9.17) is 4.74 Å². The molecule has 0 saturated carbocycles. The van der Waals surface area contributed by atoms with Crippen LogP contribution in [0.4, 0.5) is 5.69 Å². The number of carbonyl (C=O) groups is 2. The molecular formula is C26H33N3O3.